The molecule has 0 saturated carbocycles. The maximum Gasteiger partial charge on any atom is 0.243 e. The van der Waals surface area contributed by atoms with E-state index in [4.69, 9.17) is 11.5 Å². The van der Waals surface area contributed by atoms with Gasteiger partial charge in [0.05, 0.1) is 11.5 Å². The molecule has 35 heavy (non-hydrogen) atoms. The van der Waals surface area contributed by atoms with Crippen LogP contribution in [0.25, 0.3) is 10.8 Å². The van der Waals surface area contributed by atoms with Crippen LogP contribution in [-0.4, -0.2) is 74.5 Å². The quantitative estimate of drug-likeness (QED) is 0.157. The van der Waals surface area contributed by atoms with E-state index in [0.717, 1.165) is 10.8 Å². The number of aliphatic hydroxyl groups is 1. The molecule has 1 saturated heterocycles. The molecule has 0 aromatic heterocycles. The summed E-state index contributed by atoms with van der Waals surface area (Å²) in [6.07, 6.45) is 2.10. The topological polar surface area (TPSA) is 180 Å². The summed E-state index contributed by atoms with van der Waals surface area (Å²) in [6, 6.07) is 10.4. The summed E-state index contributed by atoms with van der Waals surface area (Å²) in [6.45, 7) is 0.311. The normalized spacial score (nSPS) is 16.7. The smallest absolute Gasteiger partial charge is 0.243 e. The molecule has 0 radical (unpaired) electrons. The molecule has 0 aliphatic carbocycles. The molecular formula is C23H32N6O5S. The van der Waals surface area contributed by atoms with Gasteiger partial charge < -0.3 is 26.8 Å². The monoisotopic (exact) mass is 504 g/mol. The SMILES string of the molecule is NC(N)=NCCCC(=O)NCC1CCCN1C(=O)C(CO)NS(=O)(=O)c1ccc2ccccc2c1. The fourth-order valence-electron chi connectivity index (χ4n) is 4.06. The summed E-state index contributed by atoms with van der Waals surface area (Å²) >= 11 is 0. The highest BCUT2D eigenvalue weighted by atomic mass is 32.2. The van der Waals surface area contributed by atoms with Crippen molar-refractivity contribution in [2.75, 3.05) is 26.2 Å². The standard InChI is InChI=1S/C23H32N6O5S/c24-23(25)26-11-3-8-21(31)27-14-18-7-4-12-29(18)22(32)20(15-30)28-35(33,34)19-10-9-16-5-1-2-6-17(16)13-19/h1-2,5-6,9-10,13,18,20,28,30H,3-4,7-8,11-12,14-15H2,(H,27,31)(H4,24,25,26). The van der Waals surface area contributed by atoms with Crippen LogP contribution in [0.15, 0.2) is 52.4 Å². The first-order chi connectivity index (χ1) is 16.7. The molecule has 2 aromatic rings. The minimum absolute atomic E-state index is 0.00779. The van der Waals surface area contributed by atoms with Crippen LogP contribution < -0.4 is 21.5 Å². The Morgan fingerprint density at radius 1 is 1.17 bits per heavy atom. The number of rotatable bonds is 11. The molecule has 7 N–H and O–H groups in total. The molecule has 12 heteroatoms. The molecule has 1 fully saturated rings. The van der Waals surface area contributed by atoms with Crippen LogP contribution in [0.5, 0.6) is 0 Å². The van der Waals surface area contributed by atoms with E-state index >= 15 is 0 Å². The minimum atomic E-state index is -4.06. The van der Waals surface area contributed by atoms with Gasteiger partial charge in [-0.15, -0.1) is 0 Å². The Morgan fingerprint density at radius 3 is 2.63 bits per heavy atom. The van der Waals surface area contributed by atoms with Crippen LogP contribution >= 0.6 is 0 Å². The van der Waals surface area contributed by atoms with Crippen molar-refractivity contribution >= 4 is 38.6 Å². The zero-order valence-corrected chi connectivity index (χ0v) is 20.2. The van der Waals surface area contributed by atoms with Crippen molar-refractivity contribution < 1.29 is 23.1 Å². The summed E-state index contributed by atoms with van der Waals surface area (Å²) in [5, 5.41) is 14.3. The number of benzene rings is 2. The highest BCUT2D eigenvalue weighted by Crippen LogP contribution is 2.21. The molecule has 0 bridgehead atoms. The molecule has 11 nitrogen and oxygen atoms in total. The lowest BCUT2D eigenvalue weighted by atomic mass is 10.1. The number of aliphatic imine (C=N–C) groups is 1. The molecular weight excluding hydrogens is 472 g/mol. The summed E-state index contributed by atoms with van der Waals surface area (Å²) in [5.41, 5.74) is 10.5. The third kappa shape index (κ3) is 7.13. The zero-order valence-electron chi connectivity index (χ0n) is 19.4. The van der Waals surface area contributed by atoms with Gasteiger partial charge >= 0.3 is 0 Å². The van der Waals surface area contributed by atoms with E-state index in [1.807, 2.05) is 18.2 Å². The van der Waals surface area contributed by atoms with Crippen LogP contribution in [0.2, 0.25) is 0 Å². The van der Waals surface area contributed by atoms with Crippen molar-refractivity contribution in [3.05, 3.63) is 42.5 Å². The lowest BCUT2D eigenvalue weighted by Crippen LogP contribution is -2.53. The average molecular weight is 505 g/mol. The number of fused-ring (bicyclic) bond motifs is 1. The number of likely N-dealkylation sites (tertiary alicyclic amines) is 1. The van der Waals surface area contributed by atoms with Crippen LogP contribution in [0.3, 0.4) is 0 Å². The van der Waals surface area contributed by atoms with Crippen molar-refractivity contribution in [3.63, 3.8) is 0 Å². The van der Waals surface area contributed by atoms with Gasteiger partial charge in [0.1, 0.15) is 6.04 Å². The number of nitrogens with zero attached hydrogens (tertiary/aromatic N) is 2. The molecule has 2 amide bonds. The van der Waals surface area contributed by atoms with Gasteiger partial charge in [-0.1, -0.05) is 30.3 Å². The molecule has 190 valence electrons. The number of nitrogens with one attached hydrogen (secondary N) is 2. The summed E-state index contributed by atoms with van der Waals surface area (Å²) in [4.78, 5) is 30.6. The predicted molar refractivity (Wildman–Crippen MR) is 133 cm³/mol. The fraction of sp³-hybridized carbons (Fsp3) is 0.435. The van der Waals surface area contributed by atoms with Crippen molar-refractivity contribution in [3.8, 4) is 0 Å². The van der Waals surface area contributed by atoms with E-state index in [9.17, 15) is 23.1 Å². The van der Waals surface area contributed by atoms with E-state index in [-0.39, 0.29) is 35.8 Å². The van der Waals surface area contributed by atoms with Gasteiger partial charge in [-0.05, 0) is 42.2 Å². The minimum Gasteiger partial charge on any atom is -0.394 e. The van der Waals surface area contributed by atoms with E-state index < -0.39 is 28.6 Å². The number of guanidine groups is 1. The number of nitrogens with two attached hydrogens (primary N) is 2. The molecule has 2 atom stereocenters. The Balaban J connectivity index is 1.60. The Bertz CT molecular complexity index is 1180. The van der Waals surface area contributed by atoms with Crippen molar-refractivity contribution in [1.82, 2.24) is 14.9 Å². The molecule has 1 aliphatic heterocycles. The average Bonchev–Trinajstić information content (AvgIpc) is 3.31. The second-order valence-corrected chi connectivity index (χ2v) is 10.1. The molecule has 1 heterocycles. The maximum atomic E-state index is 13.1. The fourth-order valence-corrected chi connectivity index (χ4v) is 5.28. The van der Waals surface area contributed by atoms with Gasteiger partial charge in [0.2, 0.25) is 21.8 Å². The summed E-state index contributed by atoms with van der Waals surface area (Å²) in [7, 11) is -4.06. The van der Waals surface area contributed by atoms with E-state index in [1.54, 1.807) is 12.1 Å². The number of carbonyl (C=O) groups excluding carboxylic acids is 2. The van der Waals surface area contributed by atoms with E-state index in [2.05, 4.69) is 15.0 Å². The van der Waals surface area contributed by atoms with Crippen molar-refractivity contribution in [2.45, 2.75) is 42.7 Å². The van der Waals surface area contributed by atoms with Crippen LogP contribution in [-0.2, 0) is 19.6 Å². The molecule has 3 rings (SSSR count). The van der Waals surface area contributed by atoms with Gasteiger partial charge in [0.15, 0.2) is 5.96 Å². The highest BCUT2D eigenvalue weighted by Gasteiger charge is 2.35. The second kappa shape index (κ2) is 12.0. The number of hydrogen-bond donors (Lipinski definition) is 5. The Hall–Kier alpha value is -3.22. The third-order valence-corrected chi connectivity index (χ3v) is 7.33. The van der Waals surface area contributed by atoms with Crippen molar-refractivity contribution in [1.29, 1.82) is 0 Å². The van der Waals surface area contributed by atoms with Gasteiger partial charge in [0, 0.05) is 32.1 Å². The highest BCUT2D eigenvalue weighted by molar-refractivity contribution is 7.89. The molecule has 2 aromatic carbocycles. The third-order valence-electron chi connectivity index (χ3n) is 5.86. The number of amides is 2. The summed E-state index contributed by atoms with van der Waals surface area (Å²) < 4.78 is 28.2. The molecule has 1 aliphatic rings. The first kappa shape index (κ1) is 26.4. The largest absolute Gasteiger partial charge is 0.394 e. The van der Waals surface area contributed by atoms with Gasteiger partial charge in [0.25, 0.3) is 0 Å². The molecule has 0 spiro atoms. The number of carbonyl (C=O) groups is 2. The first-order valence-electron chi connectivity index (χ1n) is 11.5. The van der Waals surface area contributed by atoms with Gasteiger partial charge in [-0.3, -0.25) is 14.6 Å². The Kier molecular flexibility index (Phi) is 9.01. The van der Waals surface area contributed by atoms with E-state index in [0.29, 0.717) is 32.4 Å². The number of sulfonamides is 1. The van der Waals surface area contributed by atoms with Crippen LogP contribution in [0.4, 0.5) is 0 Å². The second-order valence-electron chi connectivity index (χ2n) is 8.41. The predicted octanol–water partition coefficient (Wildman–Crippen LogP) is -0.360. The van der Waals surface area contributed by atoms with Crippen LogP contribution in [0.1, 0.15) is 25.7 Å². The van der Waals surface area contributed by atoms with Crippen LogP contribution in [0, 0.1) is 0 Å². The lowest BCUT2D eigenvalue weighted by Gasteiger charge is -2.28. The van der Waals surface area contributed by atoms with Crippen molar-refractivity contribution in [2.24, 2.45) is 16.5 Å². The Morgan fingerprint density at radius 2 is 1.91 bits per heavy atom. The first-order valence-corrected chi connectivity index (χ1v) is 12.9. The number of aliphatic hydroxyl groups excluding tert-OH is 1. The Labute approximate surface area is 204 Å². The number of hydrogen-bond acceptors (Lipinski definition) is 6. The maximum absolute atomic E-state index is 13.1. The summed E-state index contributed by atoms with van der Waals surface area (Å²) in [5.74, 6) is -0.743. The van der Waals surface area contributed by atoms with Gasteiger partial charge in [-0.25, -0.2) is 8.42 Å². The zero-order chi connectivity index (χ0) is 25.4. The van der Waals surface area contributed by atoms with E-state index in [1.165, 1.54) is 17.0 Å². The lowest BCUT2D eigenvalue weighted by molar-refractivity contribution is -0.135. The molecule has 2 unspecified atom stereocenters. The van der Waals surface area contributed by atoms with Gasteiger partial charge in [-0.2, -0.15) is 4.72 Å².